The van der Waals surface area contributed by atoms with E-state index in [4.69, 9.17) is 19.3 Å². The van der Waals surface area contributed by atoms with Gasteiger partial charge in [0.05, 0.1) is 7.11 Å². The lowest BCUT2D eigenvalue weighted by Gasteiger charge is -2.05. The van der Waals surface area contributed by atoms with Gasteiger partial charge < -0.3 is 19.3 Å². The van der Waals surface area contributed by atoms with Crippen LogP contribution in [-0.2, 0) is 0 Å². The number of aromatic carboxylic acids is 1. The van der Waals surface area contributed by atoms with Gasteiger partial charge in [0.25, 0.3) is 0 Å². The van der Waals surface area contributed by atoms with Crippen molar-refractivity contribution in [3.63, 3.8) is 0 Å². The van der Waals surface area contributed by atoms with Gasteiger partial charge in [0, 0.05) is 0 Å². The van der Waals surface area contributed by atoms with Crippen LogP contribution in [0.3, 0.4) is 0 Å². The first kappa shape index (κ1) is 8.68. The minimum Gasteiger partial charge on any atom is -0.493 e. The molecular formula is C9H8O5. The van der Waals surface area contributed by atoms with Gasteiger partial charge in [-0.2, -0.15) is 0 Å². The van der Waals surface area contributed by atoms with E-state index in [1.165, 1.54) is 19.2 Å². The van der Waals surface area contributed by atoms with Crippen LogP contribution in [0.2, 0.25) is 0 Å². The van der Waals surface area contributed by atoms with Crippen molar-refractivity contribution in [2.75, 3.05) is 13.9 Å². The first-order chi connectivity index (χ1) is 6.74. The molecule has 1 aromatic rings. The Morgan fingerprint density at radius 2 is 2.14 bits per heavy atom. The zero-order valence-electron chi connectivity index (χ0n) is 7.44. The van der Waals surface area contributed by atoms with Gasteiger partial charge in [0.2, 0.25) is 12.5 Å². The van der Waals surface area contributed by atoms with Crippen molar-refractivity contribution in [3.05, 3.63) is 17.7 Å². The van der Waals surface area contributed by atoms with Crippen LogP contribution in [0.4, 0.5) is 0 Å². The van der Waals surface area contributed by atoms with E-state index in [9.17, 15) is 4.79 Å². The predicted octanol–water partition coefficient (Wildman–Crippen LogP) is 1.12. The van der Waals surface area contributed by atoms with Crippen LogP contribution in [0, 0.1) is 0 Å². The van der Waals surface area contributed by atoms with Crippen molar-refractivity contribution in [2.24, 2.45) is 0 Å². The lowest BCUT2D eigenvalue weighted by Crippen LogP contribution is -1.99. The van der Waals surface area contributed by atoms with Crippen LogP contribution in [0.15, 0.2) is 12.1 Å². The zero-order valence-corrected chi connectivity index (χ0v) is 7.44. The molecule has 2 rings (SSSR count). The molecule has 1 N–H and O–H groups in total. The Kier molecular flexibility index (Phi) is 1.92. The summed E-state index contributed by atoms with van der Waals surface area (Å²) in [6.45, 7) is 0.0238. The summed E-state index contributed by atoms with van der Waals surface area (Å²) in [5.74, 6) is 0.0150. The standard InChI is InChI=1S/C9H8O5/c1-12-6-3-2-5(9(10)11)7-8(6)14-4-13-7/h2-3H,4H2,1H3,(H,10,11). The number of methoxy groups -OCH3 is 1. The Morgan fingerprint density at radius 3 is 2.79 bits per heavy atom. The Bertz CT molecular complexity index is 385. The number of carboxylic acids is 1. The lowest BCUT2D eigenvalue weighted by atomic mass is 10.2. The summed E-state index contributed by atoms with van der Waals surface area (Å²) in [4.78, 5) is 10.8. The Hall–Kier alpha value is -1.91. The van der Waals surface area contributed by atoms with Crippen molar-refractivity contribution in [1.82, 2.24) is 0 Å². The maximum absolute atomic E-state index is 10.8. The van der Waals surface area contributed by atoms with Crippen molar-refractivity contribution in [2.45, 2.75) is 0 Å². The Labute approximate surface area is 79.8 Å². The summed E-state index contributed by atoms with van der Waals surface area (Å²) in [7, 11) is 1.48. The van der Waals surface area contributed by atoms with E-state index in [-0.39, 0.29) is 18.1 Å². The molecule has 0 radical (unpaired) electrons. The molecule has 0 bridgehead atoms. The molecule has 0 spiro atoms. The number of hydrogen-bond donors (Lipinski definition) is 1. The van der Waals surface area contributed by atoms with Crippen LogP contribution < -0.4 is 14.2 Å². The van der Waals surface area contributed by atoms with Crippen LogP contribution in [-0.4, -0.2) is 25.0 Å². The molecule has 74 valence electrons. The molecule has 0 saturated carbocycles. The van der Waals surface area contributed by atoms with Crippen LogP contribution in [0.5, 0.6) is 17.2 Å². The molecule has 0 amide bonds. The third-order valence-electron chi connectivity index (χ3n) is 1.93. The molecule has 0 unspecified atom stereocenters. The lowest BCUT2D eigenvalue weighted by molar-refractivity contribution is 0.0692. The second-order valence-electron chi connectivity index (χ2n) is 2.69. The molecule has 5 heteroatoms. The SMILES string of the molecule is COc1ccc(C(=O)O)c2c1OCO2. The summed E-state index contributed by atoms with van der Waals surface area (Å²) >= 11 is 0. The van der Waals surface area contributed by atoms with E-state index >= 15 is 0 Å². The average molecular weight is 196 g/mol. The van der Waals surface area contributed by atoms with Gasteiger partial charge in [-0.3, -0.25) is 0 Å². The van der Waals surface area contributed by atoms with E-state index < -0.39 is 5.97 Å². The molecular weight excluding hydrogens is 188 g/mol. The average Bonchev–Trinajstić information content (AvgIpc) is 2.64. The molecule has 5 nitrogen and oxygen atoms in total. The first-order valence-electron chi connectivity index (χ1n) is 3.94. The maximum Gasteiger partial charge on any atom is 0.339 e. The van der Waals surface area contributed by atoms with Crippen LogP contribution >= 0.6 is 0 Å². The van der Waals surface area contributed by atoms with Crippen molar-refractivity contribution in [3.8, 4) is 17.2 Å². The van der Waals surface area contributed by atoms with E-state index in [0.29, 0.717) is 11.5 Å². The fourth-order valence-electron chi connectivity index (χ4n) is 1.30. The number of rotatable bonds is 2. The van der Waals surface area contributed by atoms with Crippen molar-refractivity contribution >= 4 is 5.97 Å². The molecule has 0 atom stereocenters. The minimum atomic E-state index is -1.05. The number of ether oxygens (including phenoxy) is 3. The molecule has 14 heavy (non-hydrogen) atoms. The van der Waals surface area contributed by atoms with Gasteiger partial charge in [0.1, 0.15) is 5.56 Å². The zero-order chi connectivity index (χ0) is 10.1. The number of hydrogen-bond acceptors (Lipinski definition) is 4. The third-order valence-corrected chi connectivity index (χ3v) is 1.93. The molecule has 0 fully saturated rings. The summed E-state index contributed by atoms with van der Waals surface area (Å²) in [6, 6.07) is 2.96. The first-order valence-corrected chi connectivity index (χ1v) is 3.94. The summed E-state index contributed by atoms with van der Waals surface area (Å²) in [5.41, 5.74) is 0.0818. The molecule has 0 saturated heterocycles. The van der Waals surface area contributed by atoms with Crippen molar-refractivity contribution in [1.29, 1.82) is 0 Å². The maximum atomic E-state index is 10.8. The second-order valence-corrected chi connectivity index (χ2v) is 2.69. The van der Waals surface area contributed by atoms with Crippen LogP contribution in [0.25, 0.3) is 0 Å². The number of carbonyl (C=O) groups is 1. The smallest absolute Gasteiger partial charge is 0.339 e. The monoisotopic (exact) mass is 196 g/mol. The fraction of sp³-hybridized carbons (Fsp3) is 0.222. The number of carboxylic acid groups (broad SMARTS) is 1. The number of benzene rings is 1. The van der Waals surface area contributed by atoms with E-state index in [0.717, 1.165) is 0 Å². The quantitative estimate of drug-likeness (QED) is 0.767. The van der Waals surface area contributed by atoms with Gasteiger partial charge in [-0.05, 0) is 12.1 Å². The molecule has 1 heterocycles. The van der Waals surface area contributed by atoms with Gasteiger partial charge in [0.15, 0.2) is 11.5 Å². The van der Waals surface area contributed by atoms with Gasteiger partial charge in [-0.25, -0.2) is 4.79 Å². The molecule has 0 aromatic heterocycles. The van der Waals surface area contributed by atoms with Crippen molar-refractivity contribution < 1.29 is 24.1 Å². The number of fused-ring (bicyclic) bond motifs is 1. The minimum absolute atomic E-state index is 0.0238. The Morgan fingerprint density at radius 1 is 1.43 bits per heavy atom. The Balaban J connectivity index is 2.58. The fourth-order valence-corrected chi connectivity index (χ4v) is 1.30. The normalized spacial score (nSPS) is 12.6. The summed E-state index contributed by atoms with van der Waals surface area (Å²) in [5, 5.41) is 8.84. The predicted molar refractivity (Wildman–Crippen MR) is 46.1 cm³/mol. The topological polar surface area (TPSA) is 65.0 Å². The highest BCUT2D eigenvalue weighted by Gasteiger charge is 2.25. The van der Waals surface area contributed by atoms with E-state index in [1.807, 2.05) is 0 Å². The van der Waals surface area contributed by atoms with Gasteiger partial charge in [-0.1, -0.05) is 0 Å². The van der Waals surface area contributed by atoms with Gasteiger partial charge in [-0.15, -0.1) is 0 Å². The third kappa shape index (κ3) is 1.14. The molecule has 1 aliphatic heterocycles. The van der Waals surface area contributed by atoms with Gasteiger partial charge >= 0.3 is 5.97 Å². The van der Waals surface area contributed by atoms with E-state index in [1.54, 1.807) is 0 Å². The highest BCUT2D eigenvalue weighted by molar-refractivity contribution is 5.92. The summed E-state index contributed by atoms with van der Waals surface area (Å²) < 4.78 is 15.1. The molecule has 1 aromatic carbocycles. The highest BCUT2D eigenvalue weighted by Crippen LogP contribution is 2.43. The summed E-state index contributed by atoms with van der Waals surface area (Å²) in [6.07, 6.45) is 0. The molecule has 0 aliphatic carbocycles. The molecule has 1 aliphatic rings. The van der Waals surface area contributed by atoms with Crippen LogP contribution in [0.1, 0.15) is 10.4 Å². The largest absolute Gasteiger partial charge is 0.493 e. The highest BCUT2D eigenvalue weighted by atomic mass is 16.7. The van der Waals surface area contributed by atoms with E-state index in [2.05, 4.69) is 0 Å². The second kappa shape index (κ2) is 3.10.